The van der Waals surface area contributed by atoms with Gasteiger partial charge >= 0.3 is 6.09 Å². The lowest BCUT2D eigenvalue weighted by atomic mass is 10.0. The van der Waals surface area contributed by atoms with Crippen LogP contribution in [0.4, 0.5) is 21.9 Å². The fourth-order valence-corrected chi connectivity index (χ4v) is 1.82. The fraction of sp³-hybridized carbons (Fsp3) is 0.462. The molecule has 3 N–H and O–H groups in total. The Bertz CT molecular complexity index is 456. The van der Waals surface area contributed by atoms with Gasteiger partial charge < -0.3 is 15.4 Å². The first-order valence-electron chi connectivity index (χ1n) is 5.89. The minimum absolute atomic E-state index is 0.333. The predicted octanol–water partition coefficient (Wildman–Crippen LogP) is 2.52. The molecule has 0 saturated heterocycles. The molecule has 0 radical (unpaired) electrons. The van der Waals surface area contributed by atoms with E-state index in [0.717, 1.165) is 16.8 Å². The van der Waals surface area contributed by atoms with Crippen LogP contribution in [0.25, 0.3) is 0 Å². The largest absolute Gasteiger partial charge is 0.450 e. The molecule has 18 heavy (non-hydrogen) atoms. The molecule has 0 unspecified atom stereocenters. The summed E-state index contributed by atoms with van der Waals surface area (Å²) in [6.45, 7) is 5.93. The van der Waals surface area contributed by atoms with Crippen molar-refractivity contribution in [2.24, 2.45) is 0 Å². The summed E-state index contributed by atoms with van der Waals surface area (Å²) in [5, 5.41) is 2.68. The van der Waals surface area contributed by atoms with Gasteiger partial charge in [-0.3, -0.25) is 5.32 Å². The molecule has 1 rings (SSSR count). The molecule has 0 atom stereocenters. The maximum Gasteiger partial charge on any atom is 0.411 e. The lowest BCUT2D eigenvalue weighted by molar-refractivity contribution is 0.168. The van der Waals surface area contributed by atoms with Gasteiger partial charge in [-0.25, -0.2) is 4.79 Å². The summed E-state index contributed by atoms with van der Waals surface area (Å²) in [7, 11) is 3.92. The van der Waals surface area contributed by atoms with Crippen molar-refractivity contribution in [2.45, 2.75) is 20.8 Å². The monoisotopic (exact) mass is 251 g/mol. The van der Waals surface area contributed by atoms with Gasteiger partial charge in [0, 0.05) is 19.8 Å². The zero-order valence-corrected chi connectivity index (χ0v) is 11.6. The molecule has 0 aromatic heterocycles. The topological polar surface area (TPSA) is 67.6 Å². The standard InChI is InChI=1S/C13H21N3O2/c1-6-18-13(17)15-12-8(2)7-10(16(4)5)9(3)11(12)14/h7H,6,14H2,1-5H3,(H,15,17). The normalized spacial score (nSPS) is 10.1. The van der Waals surface area contributed by atoms with E-state index in [0.29, 0.717) is 18.0 Å². The highest BCUT2D eigenvalue weighted by atomic mass is 16.5. The first kappa shape index (κ1) is 14.2. The third-order valence-electron chi connectivity index (χ3n) is 2.79. The number of nitrogens with two attached hydrogens (primary N) is 1. The van der Waals surface area contributed by atoms with Gasteiger partial charge in [-0.1, -0.05) is 0 Å². The molecule has 0 aliphatic heterocycles. The second kappa shape index (κ2) is 5.62. The number of anilines is 3. The lowest BCUT2D eigenvalue weighted by Gasteiger charge is -2.21. The SMILES string of the molecule is CCOC(=O)Nc1c(C)cc(N(C)C)c(C)c1N. The maximum absolute atomic E-state index is 11.4. The Hall–Kier alpha value is -1.91. The first-order valence-corrected chi connectivity index (χ1v) is 5.89. The zero-order valence-electron chi connectivity index (χ0n) is 11.6. The Morgan fingerprint density at radius 1 is 1.44 bits per heavy atom. The summed E-state index contributed by atoms with van der Waals surface area (Å²) in [5.74, 6) is 0. The second-order valence-electron chi connectivity index (χ2n) is 4.37. The molecular weight excluding hydrogens is 230 g/mol. The molecule has 100 valence electrons. The molecule has 0 spiro atoms. The summed E-state index contributed by atoms with van der Waals surface area (Å²) in [6.07, 6.45) is -0.482. The quantitative estimate of drug-likeness (QED) is 0.810. The van der Waals surface area contributed by atoms with Crippen LogP contribution in [-0.4, -0.2) is 26.8 Å². The minimum Gasteiger partial charge on any atom is -0.450 e. The van der Waals surface area contributed by atoms with E-state index in [-0.39, 0.29) is 0 Å². The smallest absolute Gasteiger partial charge is 0.411 e. The molecule has 0 heterocycles. The Labute approximate surface area is 108 Å². The number of hydrogen-bond donors (Lipinski definition) is 2. The minimum atomic E-state index is -0.482. The number of carbonyl (C=O) groups excluding carboxylic acids is 1. The highest BCUT2D eigenvalue weighted by molar-refractivity contribution is 5.93. The van der Waals surface area contributed by atoms with Gasteiger partial charge in [0.15, 0.2) is 0 Å². The van der Waals surface area contributed by atoms with Crippen LogP contribution in [0.3, 0.4) is 0 Å². The molecular formula is C13H21N3O2. The molecule has 0 aliphatic carbocycles. The number of nitrogen functional groups attached to an aromatic ring is 1. The fourth-order valence-electron chi connectivity index (χ4n) is 1.82. The third-order valence-corrected chi connectivity index (χ3v) is 2.79. The number of amides is 1. The summed E-state index contributed by atoms with van der Waals surface area (Å²) in [5.41, 5.74) is 10.2. The lowest BCUT2D eigenvalue weighted by Crippen LogP contribution is -2.17. The number of ether oxygens (including phenoxy) is 1. The van der Waals surface area contributed by atoms with E-state index < -0.39 is 6.09 Å². The molecule has 1 aromatic rings. The highest BCUT2D eigenvalue weighted by Crippen LogP contribution is 2.33. The summed E-state index contributed by atoms with van der Waals surface area (Å²) < 4.78 is 4.86. The highest BCUT2D eigenvalue weighted by Gasteiger charge is 2.14. The Balaban J connectivity index is 3.15. The molecule has 1 amide bonds. The van der Waals surface area contributed by atoms with Crippen molar-refractivity contribution in [3.05, 3.63) is 17.2 Å². The van der Waals surface area contributed by atoms with Crippen LogP contribution in [0.2, 0.25) is 0 Å². The van der Waals surface area contributed by atoms with Gasteiger partial charge in [-0.05, 0) is 38.0 Å². The van der Waals surface area contributed by atoms with E-state index in [4.69, 9.17) is 10.5 Å². The van der Waals surface area contributed by atoms with Crippen LogP contribution >= 0.6 is 0 Å². The van der Waals surface area contributed by atoms with E-state index >= 15 is 0 Å². The Morgan fingerprint density at radius 2 is 2.06 bits per heavy atom. The van der Waals surface area contributed by atoms with E-state index in [2.05, 4.69) is 5.32 Å². The van der Waals surface area contributed by atoms with Crippen molar-refractivity contribution in [1.82, 2.24) is 0 Å². The van der Waals surface area contributed by atoms with Crippen LogP contribution in [0.5, 0.6) is 0 Å². The molecule has 5 nitrogen and oxygen atoms in total. The van der Waals surface area contributed by atoms with Crippen LogP contribution in [0.15, 0.2) is 6.07 Å². The summed E-state index contributed by atoms with van der Waals surface area (Å²) in [6, 6.07) is 1.99. The zero-order chi connectivity index (χ0) is 13.9. The van der Waals surface area contributed by atoms with Crippen molar-refractivity contribution in [1.29, 1.82) is 0 Å². The van der Waals surface area contributed by atoms with Crippen molar-refractivity contribution in [3.8, 4) is 0 Å². The number of nitrogens with zero attached hydrogens (tertiary/aromatic N) is 1. The molecule has 0 aliphatic rings. The van der Waals surface area contributed by atoms with Crippen molar-refractivity contribution >= 4 is 23.2 Å². The summed E-state index contributed by atoms with van der Waals surface area (Å²) >= 11 is 0. The number of aryl methyl sites for hydroxylation is 1. The predicted molar refractivity (Wildman–Crippen MR) is 75.3 cm³/mol. The van der Waals surface area contributed by atoms with Gasteiger partial charge in [0.1, 0.15) is 0 Å². The van der Waals surface area contributed by atoms with Gasteiger partial charge in [0.2, 0.25) is 0 Å². The van der Waals surface area contributed by atoms with E-state index in [1.807, 2.05) is 38.9 Å². The number of hydrogen-bond acceptors (Lipinski definition) is 4. The van der Waals surface area contributed by atoms with Gasteiger partial charge in [0.25, 0.3) is 0 Å². The Kier molecular flexibility index (Phi) is 4.42. The average molecular weight is 251 g/mol. The van der Waals surface area contributed by atoms with Crippen molar-refractivity contribution < 1.29 is 9.53 Å². The van der Waals surface area contributed by atoms with Crippen LogP contribution < -0.4 is 16.0 Å². The maximum atomic E-state index is 11.4. The number of carbonyl (C=O) groups is 1. The van der Waals surface area contributed by atoms with Gasteiger partial charge in [0.05, 0.1) is 18.0 Å². The van der Waals surface area contributed by atoms with Crippen molar-refractivity contribution in [2.75, 3.05) is 36.7 Å². The van der Waals surface area contributed by atoms with E-state index in [1.165, 1.54) is 0 Å². The van der Waals surface area contributed by atoms with E-state index in [1.54, 1.807) is 6.92 Å². The van der Waals surface area contributed by atoms with Crippen LogP contribution in [-0.2, 0) is 4.74 Å². The van der Waals surface area contributed by atoms with Gasteiger partial charge in [-0.15, -0.1) is 0 Å². The third kappa shape index (κ3) is 2.85. The second-order valence-corrected chi connectivity index (χ2v) is 4.37. The molecule has 0 bridgehead atoms. The molecule has 0 saturated carbocycles. The molecule has 1 aromatic carbocycles. The molecule has 5 heteroatoms. The van der Waals surface area contributed by atoms with Crippen LogP contribution in [0.1, 0.15) is 18.1 Å². The van der Waals surface area contributed by atoms with E-state index in [9.17, 15) is 4.79 Å². The van der Waals surface area contributed by atoms with Gasteiger partial charge in [-0.2, -0.15) is 0 Å². The summed E-state index contributed by atoms with van der Waals surface area (Å²) in [4.78, 5) is 13.4. The number of benzene rings is 1. The number of nitrogens with one attached hydrogen (secondary N) is 1. The number of rotatable bonds is 3. The first-order chi connectivity index (χ1) is 8.38. The van der Waals surface area contributed by atoms with Crippen molar-refractivity contribution in [3.63, 3.8) is 0 Å². The Morgan fingerprint density at radius 3 is 2.56 bits per heavy atom. The van der Waals surface area contributed by atoms with Crippen LogP contribution in [0, 0.1) is 13.8 Å². The molecule has 0 fully saturated rings. The average Bonchev–Trinajstić information content (AvgIpc) is 2.29.